The lowest BCUT2D eigenvalue weighted by Crippen LogP contribution is -2.14. The van der Waals surface area contributed by atoms with Gasteiger partial charge in [-0.2, -0.15) is 5.10 Å². The number of carbonyl (C=O) groups excluding carboxylic acids is 1. The molecule has 2 aromatic rings. The quantitative estimate of drug-likeness (QED) is 0.850. The molecule has 0 aliphatic rings. The second-order valence-corrected chi connectivity index (χ2v) is 4.25. The van der Waals surface area contributed by atoms with Gasteiger partial charge in [-0.3, -0.25) is 9.48 Å². The first-order valence-corrected chi connectivity index (χ1v) is 5.59. The molecule has 5 nitrogen and oxygen atoms in total. The van der Waals surface area contributed by atoms with E-state index in [1.54, 1.807) is 36.9 Å². The van der Waals surface area contributed by atoms with E-state index in [2.05, 4.69) is 10.4 Å². The van der Waals surface area contributed by atoms with Crippen molar-refractivity contribution in [2.45, 2.75) is 13.8 Å². The number of aromatic hydroxyl groups is 1. The third-order valence-electron chi connectivity index (χ3n) is 2.70. The van der Waals surface area contributed by atoms with Gasteiger partial charge in [-0.1, -0.05) is 0 Å². The Hall–Kier alpha value is -2.30. The number of amides is 1. The zero-order valence-corrected chi connectivity index (χ0v) is 10.6. The number of phenols is 1. The van der Waals surface area contributed by atoms with Gasteiger partial charge in [0.05, 0.1) is 5.69 Å². The van der Waals surface area contributed by atoms with E-state index in [9.17, 15) is 9.90 Å². The number of anilines is 1. The summed E-state index contributed by atoms with van der Waals surface area (Å²) in [6, 6.07) is 6.54. The van der Waals surface area contributed by atoms with Crippen molar-refractivity contribution >= 4 is 11.7 Å². The fourth-order valence-corrected chi connectivity index (χ4v) is 1.71. The van der Waals surface area contributed by atoms with Gasteiger partial charge >= 0.3 is 0 Å². The molecule has 18 heavy (non-hydrogen) atoms. The highest BCUT2D eigenvalue weighted by molar-refractivity contribution is 6.04. The number of hydrogen-bond donors (Lipinski definition) is 2. The van der Waals surface area contributed by atoms with E-state index in [0.717, 1.165) is 5.69 Å². The van der Waals surface area contributed by atoms with Gasteiger partial charge < -0.3 is 10.4 Å². The molecule has 1 aromatic carbocycles. The molecule has 0 unspecified atom stereocenters. The van der Waals surface area contributed by atoms with Crippen molar-refractivity contribution in [1.29, 1.82) is 0 Å². The predicted molar refractivity (Wildman–Crippen MR) is 68.7 cm³/mol. The fourth-order valence-electron chi connectivity index (χ4n) is 1.71. The smallest absolute Gasteiger partial charge is 0.256 e. The number of nitrogens with one attached hydrogen (secondary N) is 1. The Morgan fingerprint density at radius 3 is 2.61 bits per heavy atom. The molecule has 0 radical (unpaired) electrons. The molecule has 0 fully saturated rings. The topological polar surface area (TPSA) is 67.2 Å². The third-order valence-corrected chi connectivity index (χ3v) is 2.70. The average Bonchev–Trinajstić information content (AvgIpc) is 2.61. The summed E-state index contributed by atoms with van der Waals surface area (Å²) in [7, 11) is 1.77. The minimum Gasteiger partial charge on any atom is -0.508 e. The lowest BCUT2D eigenvalue weighted by Gasteiger charge is -2.06. The zero-order valence-electron chi connectivity index (χ0n) is 10.6. The third kappa shape index (κ3) is 2.34. The van der Waals surface area contributed by atoms with E-state index in [4.69, 9.17) is 0 Å². The first kappa shape index (κ1) is 12.2. The molecular weight excluding hydrogens is 230 g/mol. The van der Waals surface area contributed by atoms with E-state index >= 15 is 0 Å². The zero-order chi connectivity index (χ0) is 13.3. The molecule has 2 rings (SSSR count). The molecule has 0 bridgehead atoms. The molecule has 2 N–H and O–H groups in total. The van der Waals surface area contributed by atoms with Crippen molar-refractivity contribution in [1.82, 2.24) is 9.78 Å². The minimum absolute atomic E-state index is 0.183. The number of aromatic nitrogens is 2. The maximum atomic E-state index is 12.0. The molecule has 0 atom stereocenters. The molecule has 0 spiro atoms. The second kappa shape index (κ2) is 4.52. The highest BCUT2D eigenvalue weighted by atomic mass is 16.3. The molecule has 1 aromatic heterocycles. The molecule has 94 valence electrons. The van der Waals surface area contributed by atoms with Gasteiger partial charge in [-0.15, -0.1) is 0 Å². The van der Waals surface area contributed by atoms with E-state index in [0.29, 0.717) is 16.9 Å². The van der Waals surface area contributed by atoms with Crippen LogP contribution >= 0.6 is 0 Å². The van der Waals surface area contributed by atoms with Crippen molar-refractivity contribution < 1.29 is 9.90 Å². The SMILES string of the molecule is Cc1cc(NC(=O)c2ccc(O)c(C)c2)n(C)n1. The summed E-state index contributed by atoms with van der Waals surface area (Å²) in [5.41, 5.74) is 2.02. The van der Waals surface area contributed by atoms with Gasteiger partial charge in [0.25, 0.3) is 5.91 Å². The minimum atomic E-state index is -0.221. The number of nitrogens with zero attached hydrogens (tertiary/aromatic N) is 2. The van der Waals surface area contributed by atoms with Crippen LogP contribution in [0.15, 0.2) is 24.3 Å². The predicted octanol–water partition coefficient (Wildman–Crippen LogP) is 1.99. The summed E-state index contributed by atoms with van der Waals surface area (Å²) in [5.74, 6) is 0.604. The van der Waals surface area contributed by atoms with Gasteiger partial charge in [0.2, 0.25) is 0 Å². The van der Waals surface area contributed by atoms with Crippen molar-refractivity contribution in [3.05, 3.63) is 41.1 Å². The molecule has 0 aliphatic heterocycles. The van der Waals surface area contributed by atoms with E-state index < -0.39 is 0 Å². The summed E-state index contributed by atoms with van der Waals surface area (Å²) < 4.78 is 1.61. The fraction of sp³-hybridized carbons (Fsp3) is 0.231. The van der Waals surface area contributed by atoms with Crippen LogP contribution in [-0.4, -0.2) is 20.8 Å². The van der Waals surface area contributed by atoms with Gasteiger partial charge in [0.1, 0.15) is 11.6 Å². The van der Waals surface area contributed by atoms with Crippen LogP contribution in [0.1, 0.15) is 21.6 Å². The molecule has 0 saturated heterocycles. The van der Waals surface area contributed by atoms with Gasteiger partial charge in [0, 0.05) is 18.7 Å². The number of aryl methyl sites for hydroxylation is 3. The van der Waals surface area contributed by atoms with Gasteiger partial charge in [0.15, 0.2) is 0 Å². The Morgan fingerprint density at radius 1 is 1.33 bits per heavy atom. The second-order valence-electron chi connectivity index (χ2n) is 4.25. The van der Waals surface area contributed by atoms with Crippen molar-refractivity contribution in [3.8, 4) is 5.75 Å². The van der Waals surface area contributed by atoms with Crippen LogP contribution in [0.5, 0.6) is 5.75 Å². The molecule has 0 aliphatic carbocycles. The van der Waals surface area contributed by atoms with Crippen molar-refractivity contribution in [3.63, 3.8) is 0 Å². The van der Waals surface area contributed by atoms with Crippen LogP contribution in [-0.2, 0) is 7.05 Å². The summed E-state index contributed by atoms with van der Waals surface area (Å²) in [4.78, 5) is 12.0. The van der Waals surface area contributed by atoms with Gasteiger partial charge in [-0.05, 0) is 37.6 Å². The molecule has 5 heteroatoms. The number of rotatable bonds is 2. The van der Waals surface area contributed by atoms with Crippen LogP contribution in [0.4, 0.5) is 5.82 Å². The summed E-state index contributed by atoms with van der Waals surface area (Å²) in [6.07, 6.45) is 0. The summed E-state index contributed by atoms with van der Waals surface area (Å²) >= 11 is 0. The maximum absolute atomic E-state index is 12.0. The van der Waals surface area contributed by atoms with Crippen LogP contribution in [0, 0.1) is 13.8 Å². The first-order chi connectivity index (χ1) is 8.47. The first-order valence-electron chi connectivity index (χ1n) is 5.59. The Morgan fingerprint density at radius 2 is 2.06 bits per heavy atom. The van der Waals surface area contributed by atoms with E-state index in [1.807, 2.05) is 6.92 Å². The normalized spacial score (nSPS) is 10.4. The number of carbonyl (C=O) groups is 1. The Kier molecular flexibility index (Phi) is 3.06. The van der Waals surface area contributed by atoms with Crippen molar-refractivity contribution in [2.75, 3.05) is 5.32 Å². The molecular formula is C13H15N3O2. The van der Waals surface area contributed by atoms with Gasteiger partial charge in [-0.25, -0.2) is 0 Å². The van der Waals surface area contributed by atoms with Crippen LogP contribution < -0.4 is 5.32 Å². The Balaban J connectivity index is 2.22. The number of hydrogen-bond acceptors (Lipinski definition) is 3. The monoisotopic (exact) mass is 245 g/mol. The summed E-state index contributed by atoms with van der Waals surface area (Å²) in [6.45, 7) is 3.61. The highest BCUT2D eigenvalue weighted by Crippen LogP contribution is 2.18. The van der Waals surface area contributed by atoms with Crippen molar-refractivity contribution in [2.24, 2.45) is 7.05 Å². The van der Waals surface area contributed by atoms with Crippen LogP contribution in [0.3, 0.4) is 0 Å². The number of phenolic OH excluding ortho intramolecular Hbond substituents is 1. The average molecular weight is 245 g/mol. The van der Waals surface area contributed by atoms with Crippen LogP contribution in [0.25, 0.3) is 0 Å². The maximum Gasteiger partial charge on any atom is 0.256 e. The lowest BCUT2D eigenvalue weighted by atomic mass is 10.1. The molecule has 0 saturated carbocycles. The van der Waals surface area contributed by atoms with Crippen LogP contribution in [0.2, 0.25) is 0 Å². The highest BCUT2D eigenvalue weighted by Gasteiger charge is 2.10. The van der Waals surface area contributed by atoms with E-state index in [1.165, 1.54) is 6.07 Å². The van der Waals surface area contributed by atoms with E-state index in [-0.39, 0.29) is 11.7 Å². The largest absolute Gasteiger partial charge is 0.508 e. The summed E-state index contributed by atoms with van der Waals surface area (Å²) in [5, 5.41) is 16.3. The standard InChI is InChI=1S/C13H15N3O2/c1-8-6-10(4-5-11(8)17)13(18)14-12-7-9(2)15-16(12)3/h4-7,17H,1-3H3,(H,14,18). The lowest BCUT2D eigenvalue weighted by molar-refractivity contribution is 0.102. The molecule has 1 heterocycles. The Bertz CT molecular complexity index is 602. The number of benzene rings is 1. The molecule has 1 amide bonds. The Labute approximate surface area is 105 Å².